The van der Waals surface area contributed by atoms with Crippen LogP contribution in [0.2, 0.25) is 0 Å². The van der Waals surface area contributed by atoms with Crippen LogP contribution in [-0.4, -0.2) is 0 Å². The number of unbranched alkanes of at least 4 members (excludes halogenated alkanes) is 3. The molecule has 0 spiro atoms. The Morgan fingerprint density at radius 3 is 0.212 bits per heavy atom. The van der Waals surface area contributed by atoms with Gasteiger partial charge in [-0.2, -0.15) is 0 Å². The van der Waals surface area contributed by atoms with Crippen molar-refractivity contribution in [2.24, 2.45) is 11.8 Å². The van der Waals surface area contributed by atoms with Gasteiger partial charge in [0.1, 0.15) is 0 Å². The minimum absolute atomic E-state index is 0. The Hall–Kier alpha value is 26.5. The molecule has 0 atom stereocenters. The van der Waals surface area contributed by atoms with Crippen molar-refractivity contribution in [2.75, 3.05) is 0 Å². The summed E-state index contributed by atoms with van der Waals surface area (Å²) in [5.41, 5.74) is 0. The zero-order valence-electron chi connectivity index (χ0n) is 39.7. The third-order valence-electron chi connectivity index (χ3n) is 3.13. The van der Waals surface area contributed by atoms with Crippen molar-refractivity contribution in [3.63, 3.8) is 0 Å². The minimum Gasteiger partial charge on any atom is -0.0776 e. The van der Waals surface area contributed by atoms with Crippen LogP contribution >= 0.6 is 0 Å². The SMILES string of the molecule is C.C.C.C.C.C.C.C.C.CC.CC.CC.CC.CCC.CCC.CCC(C)C.CCC(C)C.CCCC.CCCC.CCCC.[Ar].[Ar].[Ar].[Ar].[Ar].[Ar].[Ar].[Ar].[Ar].[Ar].[Ar].[Ar].[Ar].[Ar].[Ar].[Ar].[Ar].[Ar].[Ar].[Ar].[Ar]. The molecule has 0 aromatic rings. The third-order valence-corrected chi connectivity index (χ3v) is 3.13. The van der Waals surface area contributed by atoms with E-state index in [9.17, 15) is 0 Å². The van der Waals surface area contributed by atoms with Crippen LogP contribution in [0, 0.1) is 804 Å². The first-order chi connectivity index (χ1) is 17.1. The van der Waals surface area contributed by atoms with Gasteiger partial charge in [-0.05, 0) is 11.8 Å². The molecule has 0 aliphatic rings. The molecular weight excluding hydrogens is 1380 g/mol. The maximum absolute atomic E-state index is 2.22. The fourth-order valence-corrected chi connectivity index (χ4v) is 0. The number of hydrogen-bond acceptors (Lipinski definition) is 0. The summed E-state index contributed by atoms with van der Waals surface area (Å²) >= 11 is 0. The van der Waals surface area contributed by atoms with Gasteiger partial charge in [0.15, 0.2) is 0 Å². The van der Waals surface area contributed by atoms with E-state index in [2.05, 4.69) is 111 Å². The zero-order chi connectivity index (χ0) is 32.2. The maximum atomic E-state index is 2.22. The average Bonchev–Trinajstić information content (AvgIpc) is 2.94. The Balaban J connectivity index is -0.00000000258. The average molecular weight is 1510 g/mol. The van der Waals surface area contributed by atoms with Crippen LogP contribution in [0.5, 0.6) is 0 Å². The topological polar surface area (TPSA) is 0 Å². The van der Waals surface area contributed by atoms with Gasteiger partial charge in [-0.3, -0.25) is 0 Å². The van der Waals surface area contributed by atoms with E-state index in [4.69, 9.17) is 0 Å². The van der Waals surface area contributed by atoms with Gasteiger partial charge < -0.3 is 0 Å². The summed E-state index contributed by atoms with van der Waals surface area (Å²) in [7, 11) is 0. The molecule has 478 valence electrons. The van der Waals surface area contributed by atoms with E-state index in [1.54, 1.807) is 0 Å². The van der Waals surface area contributed by atoms with Crippen molar-refractivity contribution in [1.29, 1.82) is 0 Å². The second kappa shape index (κ2) is 415. The number of rotatable bonds is 5. The molecule has 0 aromatic heterocycles. The molecule has 0 aliphatic carbocycles. The van der Waals surface area contributed by atoms with Crippen LogP contribution in [0.25, 0.3) is 0 Å². The molecule has 0 fully saturated rings. The quantitative estimate of drug-likeness (QED) is 0.257. The Kier molecular flexibility index (Phi) is 1840. The Labute approximate surface area is 1070 Å². The standard InChI is InChI=1S/2C5H12.3C4H10.2C3H8.4C2H6.9CH4.21Ar/c2*1-4-5(2)3;3*1-3-4-2;2*1-3-2;4*1-2;;;;;;;;;;;;;;;;;;;;;;;;;;;;;;/h2*5H,4H2,1-3H3;3*3-4H2,1-2H3;2*3H2,1-2H3;4*1-2H3;9*1H4;;;;;;;;;;;;;;;;;;;;;. The molecule has 0 saturated carbocycles. The molecule has 0 aromatic carbocycles. The van der Waals surface area contributed by atoms with Crippen LogP contribution in [0.4, 0.5) is 0 Å². The van der Waals surface area contributed by atoms with Crippen LogP contribution in [0.3, 0.4) is 0 Å². The van der Waals surface area contributed by atoms with Gasteiger partial charge in [-0.15, -0.1) is 0 Å². The van der Waals surface area contributed by atoms with Crippen molar-refractivity contribution in [3.8, 4) is 0 Å². The van der Waals surface area contributed by atoms with Gasteiger partial charge >= 0.3 is 0 Å². The van der Waals surface area contributed by atoms with Crippen molar-refractivity contribution in [2.45, 2.75) is 297 Å². The molecule has 0 aliphatic heterocycles. The first kappa shape index (κ1) is 292. The predicted molar refractivity (Wildman–Crippen MR) is 250 cm³/mol. The van der Waals surface area contributed by atoms with E-state index in [1.807, 2.05) is 55.4 Å². The number of hydrogen-bond donors (Lipinski definition) is 0. The summed E-state index contributed by atoms with van der Waals surface area (Å²) in [6, 6.07) is 0. The van der Waals surface area contributed by atoms with Crippen molar-refractivity contribution in [1.82, 2.24) is 0 Å². The van der Waals surface area contributed by atoms with E-state index < -0.39 is 0 Å². The normalized spacial score (nSPS) is 3.73. The van der Waals surface area contributed by atoms with Crippen LogP contribution in [0.1, 0.15) is 297 Å². The summed E-state index contributed by atoms with van der Waals surface area (Å²) in [6.07, 6.45) is 13.0. The first-order valence-corrected chi connectivity index (χ1v) is 17.1. The van der Waals surface area contributed by atoms with Crippen LogP contribution < -0.4 is 0 Å². The van der Waals surface area contributed by atoms with Crippen LogP contribution in [0.15, 0.2) is 0 Å². The molecule has 0 nitrogen and oxygen atoms in total. The van der Waals surface area contributed by atoms with Gasteiger partial charge in [-0.25, -0.2) is 0 Å². The molecular formula is C45H130Ar21. The van der Waals surface area contributed by atoms with E-state index >= 15 is 0 Å². The fraction of sp³-hybridized carbons (Fsp3) is 1.00. The van der Waals surface area contributed by atoms with Crippen molar-refractivity contribution in [3.05, 3.63) is 0 Å². The Bertz CT molecular complexity index is 158. The van der Waals surface area contributed by atoms with Crippen LogP contribution in [-0.2, 0) is 0 Å². The summed E-state index contributed by atoms with van der Waals surface area (Å²) in [5.74, 6) is 1.77. The first-order valence-electron chi connectivity index (χ1n) is 17.1. The predicted octanol–water partition coefficient (Wildman–Crippen LogP) is 22.2. The molecule has 21 heteroatoms. The van der Waals surface area contributed by atoms with Crippen molar-refractivity contribution >= 4 is 0 Å². The molecule has 0 rings (SSSR count). The van der Waals surface area contributed by atoms with E-state index in [0.29, 0.717) is 0 Å². The van der Waals surface area contributed by atoms with Gasteiger partial charge in [0.2, 0.25) is 0 Å². The minimum atomic E-state index is 0. The zero-order valence-corrected chi connectivity index (χ0v) is 54.5. The smallest absolute Gasteiger partial charge is 0 e. The Morgan fingerprint density at radius 1 is 0.182 bits per heavy atom. The molecule has 0 N–H and O–H groups in total. The monoisotopic (exact) mass is 1510 g/mol. The maximum Gasteiger partial charge on any atom is 0 e. The van der Waals surface area contributed by atoms with E-state index in [0.717, 1.165) is 11.8 Å². The fourth-order valence-electron chi connectivity index (χ4n) is 0. The second-order valence-electron chi connectivity index (χ2n) is 8.02. The molecule has 0 heterocycles. The van der Waals surface area contributed by atoms with Crippen molar-refractivity contribution < 1.29 is 793 Å². The van der Waals surface area contributed by atoms with Gasteiger partial charge in [0, 0.05) is 793 Å². The largest absolute Gasteiger partial charge is 0.0776 e. The molecule has 0 radical (unpaired) electrons. The summed E-state index contributed by atoms with van der Waals surface area (Å²) < 4.78 is 0. The van der Waals surface area contributed by atoms with Gasteiger partial charge in [-0.1, -0.05) is 297 Å². The third kappa shape index (κ3) is 647. The van der Waals surface area contributed by atoms with E-state index in [1.165, 1.54) is 64.2 Å². The van der Waals surface area contributed by atoms with Gasteiger partial charge in [0.25, 0.3) is 0 Å². The van der Waals surface area contributed by atoms with E-state index in [-0.39, 0.29) is 859 Å². The molecule has 0 amide bonds. The molecule has 0 unspecified atom stereocenters. The Morgan fingerprint density at radius 2 is 0.212 bits per heavy atom. The summed E-state index contributed by atoms with van der Waals surface area (Å²) in [6.45, 7) is 50.9. The summed E-state index contributed by atoms with van der Waals surface area (Å²) in [5, 5.41) is 0. The molecule has 0 bridgehead atoms. The summed E-state index contributed by atoms with van der Waals surface area (Å²) in [4.78, 5) is 0. The van der Waals surface area contributed by atoms with Gasteiger partial charge in [0.05, 0.1) is 0 Å². The molecule has 66 heavy (non-hydrogen) atoms. The second-order valence-corrected chi connectivity index (χ2v) is 8.02. The molecule has 0 saturated heterocycles.